The van der Waals surface area contributed by atoms with Gasteiger partial charge in [-0.1, -0.05) is 11.6 Å². The summed E-state index contributed by atoms with van der Waals surface area (Å²) in [6.07, 6.45) is 0. The van der Waals surface area contributed by atoms with Gasteiger partial charge in [-0.15, -0.1) is 0 Å². The first-order valence-corrected chi connectivity index (χ1v) is 7.47. The van der Waals surface area contributed by atoms with Gasteiger partial charge >= 0.3 is 6.01 Å². The van der Waals surface area contributed by atoms with Gasteiger partial charge in [-0.3, -0.25) is 4.79 Å². The van der Waals surface area contributed by atoms with E-state index in [0.29, 0.717) is 22.5 Å². The van der Waals surface area contributed by atoms with Gasteiger partial charge in [-0.2, -0.15) is 15.0 Å². The first kappa shape index (κ1) is 17.7. The highest BCUT2D eigenvalue weighted by atomic mass is 35.5. The van der Waals surface area contributed by atoms with E-state index in [1.807, 2.05) is 0 Å². The van der Waals surface area contributed by atoms with E-state index in [2.05, 4.69) is 20.3 Å². The van der Waals surface area contributed by atoms with Gasteiger partial charge in [0.1, 0.15) is 5.75 Å². The lowest BCUT2D eigenvalue weighted by Crippen LogP contribution is -2.29. The number of hydrogen-bond acceptors (Lipinski definition) is 7. The zero-order chi connectivity index (χ0) is 17.5. The van der Waals surface area contributed by atoms with Crippen LogP contribution in [0.5, 0.6) is 11.8 Å². The van der Waals surface area contributed by atoms with Crippen LogP contribution in [0.1, 0.15) is 5.82 Å². The van der Waals surface area contributed by atoms with Crippen molar-refractivity contribution in [1.82, 2.24) is 20.3 Å². The molecule has 0 bridgehead atoms. The summed E-state index contributed by atoms with van der Waals surface area (Å²) < 4.78 is 10.4. The molecule has 0 saturated carbocycles. The number of amides is 1. The molecule has 8 nitrogen and oxygen atoms in total. The maximum Gasteiger partial charge on any atom is 0.321 e. The summed E-state index contributed by atoms with van der Waals surface area (Å²) >= 11 is 5.78. The van der Waals surface area contributed by atoms with Crippen LogP contribution >= 0.6 is 11.6 Å². The number of carbonyl (C=O) groups is 1. The summed E-state index contributed by atoms with van der Waals surface area (Å²) in [6.45, 7) is 0.0208. The normalized spacial score (nSPS) is 10.2. The molecule has 2 aromatic rings. The van der Waals surface area contributed by atoms with Crippen molar-refractivity contribution in [2.24, 2.45) is 0 Å². The Balaban J connectivity index is 1.89. The van der Waals surface area contributed by atoms with Crippen molar-refractivity contribution < 1.29 is 14.3 Å². The first-order chi connectivity index (χ1) is 11.5. The summed E-state index contributed by atoms with van der Waals surface area (Å²) in [6, 6.07) is 6.95. The molecule has 0 aliphatic carbocycles. The Kier molecular flexibility index (Phi) is 6.14. The van der Waals surface area contributed by atoms with Crippen LogP contribution in [-0.2, 0) is 11.3 Å². The van der Waals surface area contributed by atoms with Gasteiger partial charge in [0, 0.05) is 19.1 Å². The predicted molar refractivity (Wildman–Crippen MR) is 89.5 cm³/mol. The molecule has 0 aliphatic rings. The van der Waals surface area contributed by atoms with Gasteiger partial charge in [0.05, 0.1) is 13.7 Å². The Bertz CT molecular complexity index is 694. The molecule has 0 unspecified atom stereocenters. The number of halogens is 1. The zero-order valence-electron chi connectivity index (χ0n) is 13.6. The van der Waals surface area contributed by atoms with Crippen LogP contribution in [0, 0.1) is 0 Å². The second kappa shape index (κ2) is 8.30. The Morgan fingerprint density at radius 3 is 2.54 bits per heavy atom. The number of nitrogens with one attached hydrogen (secondary N) is 1. The number of anilines is 1. The van der Waals surface area contributed by atoms with Crippen molar-refractivity contribution in [1.29, 1.82) is 0 Å². The summed E-state index contributed by atoms with van der Waals surface area (Å²) in [5, 5.41) is 3.29. The van der Waals surface area contributed by atoms with Crippen molar-refractivity contribution >= 4 is 23.5 Å². The second-order valence-electron chi connectivity index (χ2n) is 4.95. The molecule has 0 aliphatic heterocycles. The highest BCUT2D eigenvalue weighted by molar-refractivity contribution is 6.30. The van der Waals surface area contributed by atoms with Crippen LogP contribution in [-0.4, -0.2) is 48.7 Å². The molecular weight excluding hydrogens is 334 g/mol. The van der Waals surface area contributed by atoms with E-state index in [9.17, 15) is 4.79 Å². The van der Waals surface area contributed by atoms with Crippen molar-refractivity contribution in [2.45, 2.75) is 6.54 Å². The lowest BCUT2D eigenvalue weighted by Gasteiger charge is -2.12. The largest absolute Gasteiger partial charge is 0.484 e. The number of ether oxygens (including phenoxy) is 2. The van der Waals surface area contributed by atoms with Gasteiger partial charge in [-0.25, -0.2) is 0 Å². The van der Waals surface area contributed by atoms with E-state index >= 15 is 0 Å². The Morgan fingerprint density at radius 2 is 1.92 bits per heavy atom. The number of benzene rings is 1. The lowest BCUT2D eigenvalue weighted by molar-refractivity contribution is -0.123. The maximum atomic E-state index is 11.9. The van der Waals surface area contributed by atoms with Crippen molar-refractivity contribution in [3.05, 3.63) is 35.1 Å². The number of hydrogen-bond donors (Lipinski definition) is 1. The first-order valence-electron chi connectivity index (χ1n) is 7.09. The fourth-order valence-corrected chi connectivity index (χ4v) is 1.79. The molecule has 9 heteroatoms. The Hall–Kier alpha value is -2.61. The molecule has 1 aromatic carbocycles. The number of aromatic nitrogens is 3. The fraction of sp³-hybridized carbons (Fsp3) is 0.333. The molecule has 2 rings (SSSR count). The van der Waals surface area contributed by atoms with Crippen LogP contribution in [0.25, 0.3) is 0 Å². The van der Waals surface area contributed by atoms with Crippen LogP contribution < -0.4 is 19.7 Å². The molecule has 0 radical (unpaired) electrons. The van der Waals surface area contributed by atoms with Crippen LogP contribution in [0.3, 0.4) is 0 Å². The molecule has 0 saturated heterocycles. The van der Waals surface area contributed by atoms with E-state index in [0.717, 1.165) is 0 Å². The average molecular weight is 352 g/mol. The molecule has 0 atom stereocenters. The Morgan fingerprint density at radius 1 is 1.21 bits per heavy atom. The molecule has 128 valence electrons. The molecular formula is C15H18ClN5O3. The lowest BCUT2D eigenvalue weighted by atomic mass is 10.3. The minimum Gasteiger partial charge on any atom is -0.484 e. The third-order valence-electron chi connectivity index (χ3n) is 2.86. The summed E-state index contributed by atoms with van der Waals surface area (Å²) in [5.41, 5.74) is 0. The fourth-order valence-electron chi connectivity index (χ4n) is 1.67. The number of methoxy groups -OCH3 is 1. The van der Waals surface area contributed by atoms with Crippen molar-refractivity contribution in [2.75, 3.05) is 32.7 Å². The summed E-state index contributed by atoms with van der Waals surface area (Å²) in [5.74, 6) is 1.11. The van der Waals surface area contributed by atoms with Crippen LogP contribution in [0.15, 0.2) is 24.3 Å². The van der Waals surface area contributed by atoms with Crippen molar-refractivity contribution in [3.63, 3.8) is 0 Å². The second-order valence-corrected chi connectivity index (χ2v) is 5.39. The number of rotatable bonds is 7. The molecule has 1 aromatic heterocycles. The van der Waals surface area contributed by atoms with Gasteiger partial charge in [0.25, 0.3) is 5.91 Å². The minimum absolute atomic E-state index is 0.121. The topological polar surface area (TPSA) is 89.5 Å². The van der Waals surface area contributed by atoms with Crippen molar-refractivity contribution in [3.8, 4) is 11.8 Å². The summed E-state index contributed by atoms with van der Waals surface area (Å²) in [4.78, 5) is 26.0. The van der Waals surface area contributed by atoms with E-state index in [1.54, 1.807) is 43.3 Å². The molecule has 1 heterocycles. The van der Waals surface area contributed by atoms with Gasteiger partial charge < -0.3 is 19.7 Å². The minimum atomic E-state index is -0.296. The van der Waals surface area contributed by atoms with E-state index in [1.165, 1.54) is 7.11 Å². The molecule has 1 N–H and O–H groups in total. The van der Waals surface area contributed by atoms with Crippen LogP contribution in [0.4, 0.5) is 5.95 Å². The SMILES string of the molecule is COc1nc(CNC(=O)COc2ccc(Cl)cc2)nc(N(C)C)n1. The zero-order valence-corrected chi connectivity index (χ0v) is 14.4. The smallest absolute Gasteiger partial charge is 0.321 e. The molecule has 1 amide bonds. The quantitative estimate of drug-likeness (QED) is 0.804. The summed E-state index contributed by atoms with van der Waals surface area (Å²) in [7, 11) is 5.07. The average Bonchev–Trinajstić information content (AvgIpc) is 2.59. The molecule has 0 spiro atoms. The van der Waals surface area contributed by atoms with Gasteiger partial charge in [0.15, 0.2) is 12.4 Å². The Labute approximate surface area is 144 Å². The molecule has 24 heavy (non-hydrogen) atoms. The van der Waals surface area contributed by atoms with Gasteiger partial charge in [-0.05, 0) is 24.3 Å². The van der Waals surface area contributed by atoms with E-state index < -0.39 is 0 Å². The van der Waals surface area contributed by atoms with E-state index in [4.69, 9.17) is 21.1 Å². The number of nitrogens with zero attached hydrogens (tertiary/aromatic N) is 4. The predicted octanol–water partition coefficient (Wildman–Crippen LogP) is 1.29. The third kappa shape index (κ3) is 5.24. The maximum absolute atomic E-state index is 11.9. The standard InChI is InChI=1S/C15H18ClN5O3/c1-21(2)14-18-12(19-15(20-14)23-3)8-17-13(22)9-24-11-6-4-10(16)5-7-11/h4-7H,8-9H2,1-3H3,(H,17,22). The number of carbonyl (C=O) groups excluding carboxylic acids is 1. The van der Waals surface area contributed by atoms with Crippen LogP contribution in [0.2, 0.25) is 5.02 Å². The monoisotopic (exact) mass is 351 g/mol. The molecule has 0 fully saturated rings. The third-order valence-corrected chi connectivity index (χ3v) is 3.11. The van der Waals surface area contributed by atoms with E-state index in [-0.39, 0.29) is 25.1 Å². The van der Waals surface area contributed by atoms with Gasteiger partial charge in [0.2, 0.25) is 5.95 Å². The highest BCUT2D eigenvalue weighted by Gasteiger charge is 2.10. The highest BCUT2D eigenvalue weighted by Crippen LogP contribution is 2.15.